The van der Waals surface area contributed by atoms with Crippen molar-refractivity contribution in [3.8, 4) is 0 Å². The number of nitrogens with zero attached hydrogens (tertiary/aromatic N) is 3. The van der Waals surface area contributed by atoms with E-state index in [-0.39, 0.29) is 0 Å². The first-order valence-electron chi connectivity index (χ1n) is 5.99. The molecule has 0 aliphatic rings. The lowest BCUT2D eigenvalue weighted by atomic mass is 10.4. The zero-order chi connectivity index (χ0) is 13.2. The monoisotopic (exact) mass is 255 g/mol. The van der Waals surface area contributed by atoms with E-state index in [0.29, 0.717) is 24.7 Å². The Hall–Kier alpha value is -1.63. The van der Waals surface area contributed by atoms with Gasteiger partial charge in [-0.25, -0.2) is 0 Å². The van der Waals surface area contributed by atoms with Crippen molar-refractivity contribution in [1.82, 2.24) is 20.8 Å². The summed E-state index contributed by atoms with van der Waals surface area (Å²) < 4.78 is 9.99. The predicted molar refractivity (Wildman–Crippen MR) is 68.6 cm³/mol. The lowest BCUT2D eigenvalue weighted by Gasteiger charge is -2.10. The maximum absolute atomic E-state index is 5.01. The van der Waals surface area contributed by atoms with E-state index < -0.39 is 0 Å². The number of nitrogens with one attached hydrogen (secondary N) is 2. The molecule has 0 fully saturated rings. The van der Waals surface area contributed by atoms with Gasteiger partial charge in [0.05, 0.1) is 0 Å². The maximum Gasteiger partial charge on any atom is 0.228 e. The van der Waals surface area contributed by atoms with Crippen LogP contribution in [0.4, 0.5) is 0 Å². The van der Waals surface area contributed by atoms with Crippen LogP contribution >= 0.6 is 0 Å². The summed E-state index contributed by atoms with van der Waals surface area (Å²) in [6, 6.07) is 0. The Bertz CT molecular complexity index is 364. The smallest absolute Gasteiger partial charge is 0.228 e. The van der Waals surface area contributed by atoms with Crippen molar-refractivity contribution in [1.29, 1.82) is 0 Å². The van der Waals surface area contributed by atoms with Gasteiger partial charge in [-0.3, -0.25) is 4.99 Å². The fourth-order valence-corrected chi connectivity index (χ4v) is 1.37. The Morgan fingerprint density at radius 3 is 2.78 bits per heavy atom. The summed E-state index contributed by atoms with van der Waals surface area (Å²) in [6.45, 7) is 4.07. The second-order valence-electron chi connectivity index (χ2n) is 3.76. The summed E-state index contributed by atoms with van der Waals surface area (Å²) in [6.07, 6.45) is 1.62. The summed E-state index contributed by atoms with van der Waals surface area (Å²) in [5.74, 6) is 2.06. The molecule has 102 valence electrons. The SMILES string of the molecule is CN=C(NCCCOC)NCCc1nc(C)no1. The molecule has 1 rings (SSSR count). The Morgan fingerprint density at radius 2 is 2.17 bits per heavy atom. The predicted octanol–water partition coefficient (Wildman–Crippen LogP) is 0.122. The molecule has 0 saturated carbocycles. The van der Waals surface area contributed by atoms with Crippen LogP contribution in [0.2, 0.25) is 0 Å². The standard InChI is InChI=1S/C11H21N5O2/c1-9-15-10(18-16-9)5-7-14-11(12-2)13-6-4-8-17-3/h4-8H2,1-3H3,(H2,12,13,14). The largest absolute Gasteiger partial charge is 0.385 e. The fourth-order valence-electron chi connectivity index (χ4n) is 1.37. The Morgan fingerprint density at radius 1 is 1.39 bits per heavy atom. The van der Waals surface area contributed by atoms with Crippen molar-refractivity contribution >= 4 is 5.96 Å². The normalized spacial score (nSPS) is 11.6. The second kappa shape index (κ2) is 8.46. The first kappa shape index (κ1) is 14.4. The van der Waals surface area contributed by atoms with Crippen LogP contribution in [0, 0.1) is 6.92 Å². The van der Waals surface area contributed by atoms with Crippen LogP contribution in [0.15, 0.2) is 9.52 Å². The molecule has 0 aliphatic heterocycles. The van der Waals surface area contributed by atoms with E-state index in [9.17, 15) is 0 Å². The highest BCUT2D eigenvalue weighted by molar-refractivity contribution is 5.79. The first-order valence-corrected chi connectivity index (χ1v) is 5.99. The van der Waals surface area contributed by atoms with Gasteiger partial charge in [-0.15, -0.1) is 0 Å². The second-order valence-corrected chi connectivity index (χ2v) is 3.76. The van der Waals surface area contributed by atoms with Crippen LogP contribution in [0.5, 0.6) is 0 Å². The van der Waals surface area contributed by atoms with Crippen LogP contribution < -0.4 is 10.6 Å². The molecule has 7 nitrogen and oxygen atoms in total. The van der Waals surface area contributed by atoms with Gasteiger partial charge in [0.15, 0.2) is 11.8 Å². The molecule has 0 radical (unpaired) electrons. The molecule has 2 N–H and O–H groups in total. The molecule has 0 aliphatic carbocycles. The molecular weight excluding hydrogens is 234 g/mol. The van der Waals surface area contributed by atoms with Gasteiger partial charge >= 0.3 is 0 Å². The number of aryl methyl sites for hydroxylation is 1. The van der Waals surface area contributed by atoms with Gasteiger partial charge in [0.2, 0.25) is 5.89 Å². The molecule has 0 saturated heterocycles. The van der Waals surface area contributed by atoms with Crippen molar-refractivity contribution < 1.29 is 9.26 Å². The van der Waals surface area contributed by atoms with E-state index in [4.69, 9.17) is 9.26 Å². The van der Waals surface area contributed by atoms with E-state index in [2.05, 4.69) is 25.8 Å². The van der Waals surface area contributed by atoms with Crippen LogP contribution in [0.1, 0.15) is 18.1 Å². The average Bonchev–Trinajstić information content (AvgIpc) is 2.78. The van der Waals surface area contributed by atoms with Crippen LogP contribution in [-0.2, 0) is 11.2 Å². The number of hydrogen-bond acceptors (Lipinski definition) is 5. The third-order valence-electron chi connectivity index (χ3n) is 2.24. The average molecular weight is 255 g/mol. The molecule has 0 bridgehead atoms. The van der Waals surface area contributed by atoms with Crippen LogP contribution in [-0.4, -0.2) is 50.0 Å². The molecule has 0 unspecified atom stereocenters. The number of aromatic nitrogens is 2. The Labute approximate surface area is 107 Å². The van der Waals surface area contributed by atoms with E-state index in [1.807, 2.05) is 0 Å². The van der Waals surface area contributed by atoms with Gasteiger partial charge in [0.25, 0.3) is 0 Å². The van der Waals surface area contributed by atoms with Crippen molar-refractivity contribution in [2.45, 2.75) is 19.8 Å². The van der Waals surface area contributed by atoms with Gasteiger partial charge in [-0.05, 0) is 13.3 Å². The first-order chi connectivity index (χ1) is 8.76. The van der Waals surface area contributed by atoms with Crippen LogP contribution in [0.25, 0.3) is 0 Å². The molecule has 0 amide bonds. The lowest BCUT2D eigenvalue weighted by Crippen LogP contribution is -2.39. The lowest BCUT2D eigenvalue weighted by molar-refractivity contribution is 0.195. The highest BCUT2D eigenvalue weighted by Gasteiger charge is 2.02. The molecule has 1 heterocycles. The topological polar surface area (TPSA) is 84.6 Å². The number of rotatable bonds is 7. The molecule has 0 spiro atoms. The van der Waals surface area contributed by atoms with Gasteiger partial charge in [-0.1, -0.05) is 5.16 Å². The zero-order valence-electron chi connectivity index (χ0n) is 11.2. The highest BCUT2D eigenvalue weighted by Crippen LogP contribution is 1.95. The highest BCUT2D eigenvalue weighted by atomic mass is 16.5. The van der Waals surface area contributed by atoms with E-state index >= 15 is 0 Å². The molecular formula is C11H21N5O2. The molecule has 1 aromatic rings. The minimum atomic E-state index is 0.634. The fraction of sp³-hybridized carbons (Fsp3) is 0.727. The van der Waals surface area contributed by atoms with E-state index in [1.165, 1.54) is 0 Å². The Kier molecular flexibility index (Phi) is 6.78. The number of guanidine groups is 1. The summed E-state index contributed by atoms with van der Waals surface area (Å²) in [5.41, 5.74) is 0. The molecule has 7 heteroatoms. The minimum Gasteiger partial charge on any atom is -0.385 e. The van der Waals surface area contributed by atoms with Crippen molar-refractivity contribution in [3.63, 3.8) is 0 Å². The zero-order valence-corrected chi connectivity index (χ0v) is 11.2. The summed E-state index contributed by atoms with van der Waals surface area (Å²) >= 11 is 0. The minimum absolute atomic E-state index is 0.634. The van der Waals surface area contributed by atoms with Gasteiger partial charge in [0, 0.05) is 40.3 Å². The molecule has 1 aromatic heterocycles. The van der Waals surface area contributed by atoms with Gasteiger partial charge in [0.1, 0.15) is 0 Å². The van der Waals surface area contributed by atoms with Gasteiger partial charge < -0.3 is 19.9 Å². The van der Waals surface area contributed by atoms with Crippen LogP contribution in [0.3, 0.4) is 0 Å². The molecule has 0 atom stereocenters. The summed E-state index contributed by atoms with van der Waals surface area (Å²) in [5, 5.41) is 10.1. The summed E-state index contributed by atoms with van der Waals surface area (Å²) in [7, 11) is 3.43. The van der Waals surface area contributed by atoms with E-state index in [0.717, 1.165) is 25.5 Å². The number of hydrogen-bond donors (Lipinski definition) is 2. The third-order valence-corrected chi connectivity index (χ3v) is 2.24. The van der Waals surface area contributed by atoms with E-state index in [1.54, 1.807) is 21.1 Å². The number of methoxy groups -OCH3 is 1. The van der Waals surface area contributed by atoms with Crippen molar-refractivity contribution in [2.24, 2.45) is 4.99 Å². The number of ether oxygens (including phenoxy) is 1. The maximum atomic E-state index is 5.01. The van der Waals surface area contributed by atoms with Crippen molar-refractivity contribution in [2.75, 3.05) is 33.9 Å². The third kappa shape index (κ3) is 5.62. The molecule has 0 aromatic carbocycles. The number of aliphatic imine (C=N–C) groups is 1. The summed E-state index contributed by atoms with van der Waals surface area (Å²) in [4.78, 5) is 8.23. The quantitative estimate of drug-likeness (QED) is 0.409. The van der Waals surface area contributed by atoms with Gasteiger partial charge in [-0.2, -0.15) is 4.98 Å². The van der Waals surface area contributed by atoms with Crippen molar-refractivity contribution in [3.05, 3.63) is 11.7 Å². The molecule has 18 heavy (non-hydrogen) atoms. The Balaban J connectivity index is 2.15.